The summed E-state index contributed by atoms with van der Waals surface area (Å²) >= 11 is 5.86. The van der Waals surface area contributed by atoms with E-state index >= 15 is 0 Å². The largest absolute Gasteiger partial charge is 0.436 e. The summed E-state index contributed by atoms with van der Waals surface area (Å²) in [6, 6.07) is 20.6. The normalized spacial score (nSPS) is 11.2. The number of nitrogens with zero attached hydrogens (tertiary/aromatic N) is 1. The number of anilines is 1. The van der Waals surface area contributed by atoms with E-state index in [1.165, 1.54) is 6.08 Å². The van der Waals surface area contributed by atoms with E-state index in [0.717, 1.165) is 27.8 Å². The number of hydrogen-bond donors (Lipinski definition) is 1. The van der Waals surface area contributed by atoms with Gasteiger partial charge in [-0.15, -0.1) is 0 Å². The Balaban J connectivity index is 1.51. The molecule has 0 atom stereocenters. The predicted molar refractivity (Wildman–Crippen MR) is 113 cm³/mol. The van der Waals surface area contributed by atoms with Crippen molar-refractivity contribution >= 4 is 40.4 Å². The van der Waals surface area contributed by atoms with Gasteiger partial charge in [0, 0.05) is 22.3 Å². The second-order valence-electron chi connectivity index (χ2n) is 6.45. The Morgan fingerprint density at radius 1 is 1.07 bits per heavy atom. The molecule has 0 spiro atoms. The Bertz CT molecular complexity index is 1180. The van der Waals surface area contributed by atoms with E-state index in [1.807, 2.05) is 61.5 Å². The minimum absolute atomic E-state index is 0.222. The molecule has 0 radical (unpaired) electrons. The maximum absolute atomic E-state index is 12.2. The molecule has 28 heavy (non-hydrogen) atoms. The number of aromatic nitrogens is 1. The van der Waals surface area contributed by atoms with Gasteiger partial charge >= 0.3 is 0 Å². The second kappa shape index (κ2) is 7.71. The van der Waals surface area contributed by atoms with Gasteiger partial charge in [-0.25, -0.2) is 4.98 Å². The number of carbonyl (C=O) groups excluding carboxylic acids is 1. The van der Waals surface area contributed by atoms with Crippen LogP contribution in [0.2, 0.25) is 5.02 Å². The van der Waals surface area contributed by atoms with Crippen LogP contribution in [-0.4, -0.2) is 10.9 Å². The third-order valence-corrected chi connectivity index (χ3v) is 4.47. The molecule has 0 fully saturated rings. The van der Waals surface area contributed by atoms with Crippen LogP contribution in [0.1, 0.15) is 11.1 Å². The van der Waals surface area contributed by atoms with Crippen LogP contribution in [0.5, 0.6) is 0 Å². The van der Waals surface area contributed by atoms with E-state index in [4.69, 9.17) is 16.0 Å². The van der Waals surface area contributed by atoms with Gasteiger partial charge in [0.1, 0.15) is 5.52 Å². The summed E-state index contributed by atoms with van der Waals surface area (Å²) in [5.41, 5.74) is 5.04. The van der Waals surface area contributed by atoms with Crippen LogP contribution in [0.4, 0.5) is 5.69 Å². The molecule has 0 bridgehead atoms. The van der Waals surface area contributed by atoms with Crippen molar-refractivity contribution in [3.8, 4) is 11.5 Å². The molecule has 1 N–H and O–H groups in total. The number of oxazole rings is 1. The molecular formula is C23H17ClN2O2. The zero-order chi connectivity index (χ0) is 19.5. The molecule has 0 saturated heterocycles. The molecule has 3 aromatic carbocycles. The molecule has 0 aliphatic carbocycles. The number of rotatable bonds is 4. The molecule has 0 saturated carbocycles. The average molecular weight is 389 g/mol. The summed E-state index contributed by atoms with van der Waals surface area (Å²) < 4.78 is 5.84. The van der Waals surface area contributed by atoms with Crippen molar-refractivity contribution in [2.45, 2.75) is 6.92 Å². The van der Waals surface area contributed by atoms with Crippen LogP contribution in [-0.2, 0) is 4.79 Å². The van der Waals surface area contributed by atoms with Crippen molar-refractivity contribution in [3.05, 3.63) is 89.0 Å². The van der Waals surface area contributed by atoms with Crippen LogP contribution in [0.15, 0.2) is 77.2 Å². The molecule has 4 aromatic rings. The number of nitrogens with one attached hydrogen (secondary N) is 1. The van der Waals surface area contributed by atoms with E-state index < -0.39 is 0 Å². The first-order valence-electron chi connectivity index (χ1n) is 8.79. The first kappa shape index (κ1) is 18.0. The van der Waals surface area contributed by atoms with E-state index in [0.29, 0.717) is 16.6 Å². The average Bonchev–Trinajstić information content (AvgIpc) is 3.11. The topological polar surface area (TPSA) is 55.1 Å². The number of carbonyl (C=O) groups is 1. The van der Waals surface area contributed by atoms with Crippen LogP contribution in [0, 0.1) is 6.92 Å². The molecule has 4 nitrogen and oxygen atoms in total. The number of hydrogen-bond acceptors (Lipinski definition) is 3. The van der Waals surface area contributed by atoms with E-state index in [-0.39, 0.29) is 5.91 Å². The van der Waals surface area contributed by atoms with E-state index in [9.17, 15) is 4.79 Å². The standard InChI is InChI=1S/C23H17ClN2O2/c1-15-5-11-21-20(13-15)26-23(28-21)17-3-2-4-19(14-17)25-22(27)12-8-16-6-9-18(24)10-7-16/h2-14H,1H3,(H,25,27)/b12-8+. The highest BCUT2D eigenvalue weighted by atomic mass is 35.5. The fraction of sp³-hybridized carbons (Fsp3) is 0.0435. The third kappa shape index (κ3) is 4.13. The Morgan fingerprint density at radius 3 is 2.71 bits per heavy atom. The smallest absolute Gasteiger partial charge is 0.248 e. The Labute approximate surface area is 167 Å². The molecule has 138 valence electrons. The fourth-order valence-corrected chi connectivity index (χ4v) is 2.95. The molecule has 4 rings (SSSR count). The van der Waals surface area contributed by atoms with Gasteiger partial charge in [-0.3, -0.25) is 4.79 Å². The summed E-state index contributed by atoms with van der Waals surface area (Å²) in [5, 5.41) is 3.52. The lowest BCUT2D eigenvalue weighted by Gasteiger charge is -2.03. The monoisotopic (exact) mass is 388 g/mol. The number of fused-ring (bicyclic) bond motifs is 1. The maximum Gasteiger partial charge on any atom is 0.248 e. The van der Waals surface area contributed by atoms with Crippen molar-refractivity contribution in [1.82, 2.24) is 4.98 Å². The molecule has 1 heterocycles. The van der Waals surface area contributed by atoms with Crippen molar-refractivity contribution in [3.63, 3.8) is 0 Å². The van der Waals surface area contributed by atoms with Crippen LogP contribution in [0.25, 0.3) is 28.6 Å². The number of halogens is 1. The van der Waals surface area contributed by atoms with Gasteiger partial charge in [-0.2, -0.15) is 0 Å². The van der Waals surface area contributed by atoms with E-state index in [1.54, 1.807) is 18.2 Å². The van der Waals surface area contributed by atoms with Gasteiger partial charge in [0.05, 0.1) is 0 Å². The minimum atomic E-state index is -0.222. The summed E-state index contributed by atoms with van der Waals surface area (Å²) in [5.74, 6) is 0.300. The Hall–Kier alpha value is -3.37. The number of benzene rings is 3. The zero-order valence-corrected chi connectivity index (χ0v) is 15.9. The SMILES string of the molecule is Cc1ccc2oc(-c3cccc(NC(=O)/C=C/c4ccc(Cl)cc4)c3)nc2c1. The fourth-order valence-electron chi connectivity index (χ4n) is 2.82. The molecule has 5 heteroatoms. The molecule has 1 aromatic heterocycles. The van der Waals surface area contributed by atoms with Crippen LogP contribution in [0.3, 0.4) is 0 Å². The Morgan fingerprint density at radius 2 is 1.89 bits per heavy atom. The lowest BCUT2D eigenvalue weighted by atomic mass is 10.2. The molecule has 0 unspecified atom stereocenters. The maximum atomic E-state index is 12.2. The van der Waals surface area contributed by atoms with Gasteiger partial charge in [0.2, 0.25) is 11.8 Å². The summed E-state index contributed by atoms with van der Waals surface area (Å²) in [6.45, 7) is 2.02. The molecule has 1 amide bonds. The Kier molecular flexibility index (Phi) is 4.96. The van der Waals surface area contributed by atoms with Gasteiger partial charge in [0.15, 0.2) is 5.58 Å². The highest BCUT2D eigenvalue weighted by Crippen LogP contribution is 2.26. The van der Waals surface area contributed by atoms with Gasteiger partial charge in [-0.05, 0) is 66.6 Å². The van der Waals surface area contributed by atoms with E-state index in [2.05, 4.69) is 10.3 Å². The zero-order valence-electron chi connectivity index (χ0n) is 15.1. The van der Waals surface area contributed by atoms with Gasteiger partial charge in [0.25, 0.3) is 0 Å². The summed E-state index contributed by atoms with van der Waals surface area (Å²) in [7, 11) is 0. The minimum Gasteiger partial charge on any atom is -0.436 e. The first-order chi connectivity index (χ1) is 13.6. The highest BCUT2D eigenvalue weighted by molar-refractivity contribution is 6.30. The van der Waals surface area contributed by atoms with Crippen molar-refractivity contribution in [2.24, 2.45) is 0 Å². The quantitative estimate of drug-likeness (QED) is 0.429. The number of aryl methyl sites for hydroxylation is 1. The predicted octanol–water partition coefficient (Wildman–Crippen LogP) is 6.11. The lowest BCUT2D eigenvalue weighted by Crippen LogP contribution is -2.07. The van der Waals surface area contributed by atoms with Crippen LogP contribution < -0.4 is 5.32 Å². The first-order valence-corrected chi connectivity index (χ1v) is 9.17. The molecule has 0 aliphatic heterocycles. The van der Waals surface area contributed by atoms with Crippen molar-refractivity contribution in [1.29, 1.82) is 0 Å². The van der Waals surface area contributed by atoms with Crippen molar-refractivity contribution < 1.29 is 9.21 Å². The third-order valence-electron chi connectivity index (χ3n) is 4.22. The van der Waals surface area contributed by atoms with Gasteiger partial charge in [-0.1, -0.05) is 35.9 Å². The summed E-state index contributed by atoms with van der Waals surface area (Å²) in [4.78, 5) is 16.8. The lowest BCUT2D eigenvalue weighted by molar-refractivity contribution is -0.111. The molecule has 0 aliphatic rings. The second-order valence-corrected chi connectivity index (χ2v) is 6.88. The number of amides is 1. The molecular weight excluding hydrogens is 372 g/mol. The van der Waals surface area contributed by atoms with Gasteiger partial charge < -0.3 is 9.73 Å². The highest BCUT2D eigenvalue weighted by Gasteiger charge is 2.09. The van der Waals surface area contributed by atoms with Crippen LogP contribution >= 0.6 is 11.6 Å². The summed E-state index contributed by atoms with van der Waals surface area (Å²) in [6.07, 6.45) is 3.22. The van der Waals surface area contributed by atoms with Crippen molar-refractivity contribution in [2.75, 3.05) is 5.32 Å².